The Morgan fingerprint density at radius 3 is 2.69 bits per heavy atom. The fourth-order valence-electron chi connectivity index (χ4n) is 2.86. The van der Waals surface area contributed by atoms with Crippen molar-refractivity contribution in [3.05, 3.63) is 42.4 Å². The third kappa shape index (κ3) is 5.43. The van der Waals surface area contributed by atoms with Crippen molar-refractivity contribution in [3.8, 4) is 5.75 Å². The predicted octanol–water partition coefficient (Wildman–Crippen LogP) is 3.26. The lowest BCUT2D eigenvalue weighted by atomic mass is 10.2. The van der Waals surface area contributed by atoms with Gasteiger partial charge in [0.15, 0.2) is 5.65 Å². The number of benzene rings is 1. The Morgan fingerprint density at radius 1 is 1.10 bits per heavy atom. The van der Waals surface area contributed by atoms with Crippen molar-refractivity contribution < 1.29 is 9.53 Å². The van der Waals surface area contributed by atoms with Crippen LogP contribution in [0.3, 0.4) is 0 Å². The maximum Gasteiger partial charge on any atom is 0.251 e. The summed E-state index contributed by atoms with van der Waals surface area (Å²) in [4.78, 5) is 21.0. The third-order valence-electron chi connectivity index (χ3n) is 4.47. The van der Waals surface area contributed by atoms with Gasteiger partial charge in [0.2, 0.25) is 0 Å². The minimum atomic E-state index is -0.124. The van der Waals surface area contributed by atoms with Crippen LogP contribution >= 0.6 is 0 Å². The number of amides is 1. The van der Waals surface area contributed by atoms with Crippen LogP contribution in [0.15, 0.2) is 36.8 Å². The van der Waals surface area contributed by atoms with Crippen LogP contribution < -0.4 is 15.4 Å². The number of fused-ring (bicyclic) bond motifs is 1. The molecule has 1 aromatic carbocycles. The predicted molar refractivity (Wildman–Crippen MR) is 113 cm³/mol. The molecule has 154 valence electrons. The van der Waals surface area contributed by atoms with Crippen LogP contribution in [-0.4, -0.2) is 45.4 Å². The Kier molecular flexibility index (Phi) is 7.38. The number of hydrogen-bond donors (Lipinski definition) is 2. The molecule has 0 saturated heterocycles. The smallest absolute Gasteiger partial charge is 0.251 e. The van der Waals surface area contributed by atoms with Crippen molar-refractivity contribution in [2.45, 2.75) is 39.7 Å². The fourth-order valence-corrected chi connectivity index (χ4v) is 2.86. The Bertz CT molecular complexity index is 923. The number of anilines is 1. The molecule has 0 bridgehead atoms. The highest BCUT2D eigenvalue weighted by Crippen LogP contribution is 2.18. The highest BCUT2D eigenvalue weighted by atomic mass is 16.5. The van der Waals surface area contributed by atoms with E-state index in [1.165, 1.54) is 6.33 Å². The summed E-state index contributed by atoms with van der Waals surface area (Å²) < 4.78 is 7.40. The summed E-state index contributed by atoms with van der Waals surface area (Å²) in [6.07, 6.45) is 6.41. The maximum atomic E-state index is 12.4. The van der Waals surface area contributed by atoms with E-state index < -0.39 is 0 Å². The number of aromatic nitrogens is 4. The Balaban J connectivity index is 1.54. The molecule has 0 saturated carbocycles. The molecule has 0 aliphatic carbocycles. The van der Waals surface area contributed by atoms with E-state index in [4.69, 9.17) is 4.74 Å². The number of carbonyl (C=O) groups is 1. The SMILES string of the molecule is CCCCOc1ccc(C(=O)NCCn2ncc3c(NCCC)ncnc32)cc1. The standard InChI is InChI=1S/C21H28N6O2/c1-3-5-13-29-17-8-6-16(7-9-17)21(28)23-11-12-27-20-18(14-26-27)19(22-10-4-2)24-15-25-20/h6-9,14-15H,3-5,10-13H2,1-2H3,(H,23,28)(H,22,24,25). The van der Waals surface area contributed by atoms with Gasteiger partial charge in [-0.1, -0.05) is 20.3 Å². The third-order valence-corrected chi connectivity index (χ3v) is 4.47. The molecule has 0 atom stereocenters. The molecule has 2 N–H and O–H groups in total. The Hall–Kier alpha value is -3.16. The molecule has 2 aromatic heterocycles. The molecule has 3 aromatic rings. The van der Waals surface area contributed by atoms with Crippen molar-refractivity contribution in [3.63, 3.8) is 0 Å². The van der Waals surface area contributed by atoms with Crippen molar-refractivity contribution in [2.75, 3.05) is 25.0 Å². The van der Waals surface area contributed by atoms with Crippen LogP contribution in [0.2, 0.25) is 0 Å². The van der Waals surface area contributed by atoms with Crippen molar-refractivity contribution in [1.29, 1.82) is 0 Å². The van der Waals surface area contributed by atoms with E-state index in [2.05, 4.69) is 39.5 Å². The van der Waals surface area contributed by atoms with Crippen molar-refractivity contribution in [1.82, 2.24) is 25.1 Å². The largest absolute Gasteiger partial charge is 0.494 e. The zero-order chi connectivity index (χ0) is 20.5. The van der Waals surface area contributed by atoms with E-state index in [0.29, 0.717) is 25.3 Å². The number of hydrogen-bond acceptors (Lipinski definition) is 6. The number of unbranched alkanes of at least 4 members (excludes halogenated alkanes) is 1. The highest BCUT2D eigenvalue weighted by Gasteiger charge is 2.10. The molecule has 0 aliphatic heterocycles. The summed E-state index contributed by atoms with van der Waals surface area (Å²) >= 11 is 0. The first-order valence-corrected chi connectivity index (χ1v) is 10.1. The molecule has 1 amide bonds. The first kappa shape index (κ1) is 20.6. The number of nitrogens with zero attached hydrogens (tertiary/aromatic N) is 4. The fraction of sp³-hybridized carbons (Fsp3) is 0.429. The second kappa shape index (κ2) is 10.4. The number of carbonyl (C=O) groups excluding carboxylic acids is 1. The number of nitrogens with one attached hydrogen (secondary N) is 2. The monoisotopic (exact) mass is 396 g/mol. The van der Waals surface area contributed by atoms with Gasteiger partial charge in [0.1, 0.15) is 17.9 Å². The lowest BCUT2D eigenvalue weighted by molar-refractivity contribution is 0.0952. The highest BCUT2D eigenvalue weighted by molar-refractivity contribution is 5.94. The summed E-state index contributed by atoms with van der Waals surface area (Å²) in [5.74, 6) is 1.44. The lowest BCUT2D eigenvalue weighted by Crippen LogP contribution is -2.27. The van der Waals surface area contributed by atoms with Crippen LogP contribution in [0.1, 0.15) is 43.5 Å². The van der Waals surface area contributed by atoms with E-state index in [9.17, 15) is 4.79 Å². The van der Waals surface area contributed by atoms with Crippen LogP contribution in [-0.2, 0) is 6.54 Å². The van der Waals surface area contributed by atoms with Crippen LogP contribution in [0, 0.1) is 0 Å². The van der Waals surface area contributed by atoms with E-state index >= 15 is 0 Å². The van der Waals surface area contributed by atoms with Gasteiger partial charge in [0, 0.05) is 18.7 Å². The summed E-state index contributed by atoms with van der Waals surface area (Å²) in [6, 6.07) is 7.21. The summed E-state index contributed by atoms with van der Waals surface area (Å²) in [6.45, 7) is 6.74. The zero-order valence-electron chi connectivity index (χ0n) is 17.0. The van der Waals surface area contributed by atoms with Gasteiger partial charge >= 0.3 is 0 Å². The van der Waals surface area contributed by atoms with Gasteiger partial charge in [-0.2, -0.15) is 5.10 Å². The molecule has 0 radical (unpaired) electrons. The second-order valence-electron chi connectivity index (χ2n) is 6.74. The molecule has 0 fully saturated rings. The van der Waals surface area contributed by atoms with Gasteiger partial charge in [0.25, 0.3) is 5.91 Å². The molecule has 0 aliphatic rings. The van der Waals surface area contributed by atoms with Gasteiger partial charge in [-0.15, -0.1) is 0 Å². The first-order chi connectivity index (χ1) is 14.2. The summed E-state index contributed by atoms with van der Waals surface area (Å²) in [5, 5.41) is 11.5. The van der Waals surface area contributed by atoms with Crippen molar-refractivity contribution in [2.24, 2.45) is 0 Å². The molecular formula is C21H28N6O2. The van der Waals surface area contributed by atoms with E-state index in [1.54, 1.807) is 23.0 Å². The maximum absolute atomic E-state index is 12.4. The Labute approximate surface area is 170 Å². The summed E-state index contributed by atoms with van der Waals surface area (Å²) in [7, 11) is 0. The number of rotatable bonds is 11. The van der Waals surface area contributed by atoms with E-state index in [0.717, 1.165) is 48.4 Å². The molecule has 3 rings (SSSR count). The second-order valence-corrected chi connectivity index (χ2v) is 6.74. The molecule has 8 heteroatoms. The molecule has 0 unspecified atom stereocenters. The van der Waals surface area contributed by atoms with Crippen LogP contribution in [0.5, 0.6) is 5.75 Å². The van der Waals surface area contributed by atoms with Gasteiger partial charge in [-0.25, -0.2) is 14.6 Å². The van der Waals surface area contributed by atoms with Crippen LogP contribution in [0.4, 0.5) is 5.82 Å². The van der Waals surface area contributed by atoms with E-state index in [1.807, 2.05) is 12.1 Å². The number of ether oxygens (including phenoxy) is 1. The molecule has 29 heavy (non-hydrogen) atoms. The van der Waals surface area contributed by atoms with Crippen molar-refractivity contribution >= 4 is 22.8 Å². The normalized spacial score (nSPS) is 10.8. The first-order valence-electron chi connectivity index (χ1n) is 10.1. The molecular weight excluding hydrogens is 368 g/mol. The average Bonchev–Trinajstić information content (AvgIpc) is 3.16. The summed E-state index contributed by atoms with van der Waals surface area (Å²) in [5.41, 5.74) is 1.35. The van der Waals surface area contributed by atoms with Gasteiger partial charge < -0.3 is 15.4 Å². The average molecular weight is 396 g/mol. The zero-order valence-corrected chi connectivity index (χ0v) is 17.0. The topological polar surface area (TPSA) is 94.0 Å². The molecule has 0 spiro atoms. The Morgan fingerprint density at radius 2 is 1.93 bits per heavy atom. The van der Waals surface area contributed by atoms with Gasteiger partial charge in [-0.05, 0) is 37.1 Å². The molecule has 2 heterocycles. The minimum Gasteiger partial charge on any atom is -0.494 e. The lowest BCUT2D eigenvalue weighted by Gasteiger charge is -2.08. The van der Waals surface area contributed by atoms with E-state index in [-0.39, 0.29) is 5.91 Å². The minimum absolute atomic E-state index is 0.124. The van der Waals surface area contributed by atoms with Gasteiger partial charge in [-0.3, -0.25) is 4.79 Å². The van der Waals surface area contributed by atoms with Gasteiger partial charge in [0.05, 0.1) is 24.7 Å². The quantitative estimate of drug-likeness (QED) is 0.483. The molecule has 8 nitrogen and oxygen atoms in total. The van der Waals surface area contributed by atoms with Crippen LogP contribution in [0.25, 0.3) is 11.0 Å².